The molecule has 0 radical (unpaired) electrons. The van der Waals surface area contributed by atoms with Crippen molar-refractivity contribution >= 4 is 39.6 Å². The number of thioether (sulfide) groups is 1. The van der Waals surface area contributed by atoms with Gasteiger partial charge in [0.15, 0.2) is 4.34 Å². The number of nitro benzene ring substituents is 1. The molecule has 0 aliphatic rings. The SMILES string of the molecule is CN(C)c1nnc(SCc2cc([N+](=O)[O-])ccc2NN)s1. The smallest absolute Gasteiger partial charge is 0.269 e. The Hall–Kier alpha value is -1.91. The van der Waals surface area contributed by atoms with Crippen LogP contribution in [0.2, 0.25) is 0 Å². The van der Waals surface area contributed by atoms with Crippen LogP contribution in [0.15, 0.2) is 22.5 Å². The first-order valence-corrected chi connectivity index (χ1v) is 7.69. The second-order valence-electron chi connectivity index (χ2n) is 4.28. The van der Waals surface area contributed by atoms with Crippen LogP contribution in [0.5, 0.6) is 0 Å². The van der Waals surface area contributed by atoms with Gasteiger partial charge in [0.1, 0.15) is 0 Å². The Morgan fingerprint density at radius 3 is 2.81 bits per heavy atom. The van der Waals surface area contributed by atoms with Crippen molar-refractivity contribution in [2.24, 2.45) is 5.84 Å². The Labute approximate surface area is 129 Å². The quantitative estimate of drug-likeness (QED) is 0.359. The van der Waals surface area contributed by atoms with Crippen molar-refractivity contribution in [1.29, 1.82) is 0 Å². The van der Waals surface area contributed by atoms with Gasteiger partial charge in [-0.3, -0.25) is 16.0 Å². The number of anilines is 2. The van der Waals surface area contributed by atoms with Gasteiger partial charge in [0, 0.05) is 32.0 Å². The van der Waals surface area contributed by atoms with Crippen LogP contribution in [-0.2, 0) is 5.75 Å². The highest BCUT2D eigenvalue weighted by Gasteiger charge is 2.12. The molecule has 1 aromatic heterocycles. The van der Waals surface area contributed by atoms with Crippen LogP contribution in [0.3, 0.4) is 0 Å². The van der Waals surface area contributed by atoms with Crippen molar-refractivity contribution in [3.05, 3.63) is 33.9 Å². The molecule has 0 aliphatic carbocycles. The van der Waals surface area contributed by atoms with Crippen LogP contribution in [0, 0.1) is 10.1 Å². The number of hydrazine groups is 1. The molecule has 0 unspecified atom stereocenters. The van der Waals surface area contributed by atoms with Gasteiger partial charge in [-0.1, -0.05) is 23.1 Å². The van der Waals surface area contributed by atoms with Crippen LogP contribution < -0.4 is 16.2 Å². The van der Waals surface area contributed by atoms with E-state index in [2.05, 4.69) is 15.6 Å². The molecule has 0 saturated carbocycles. The third kappa shape index (κ3) is 3.80. The van der Waals surface area contributed by atoms with Gasteiger partial charge >= 0.3 is 0 Å². The van der Waals surface area contributed by atoms with Gasteiger partial charge in [0.05, 0.1) is 10.6 Å². The average Bonchev–Trinajstić information content (AvgIpc) is 2.93. The summed E-state index contributed by atoms with van der Waals surface area (Å²) in [6.45, 7) is 0. The fourth-order valence-electron chi connectivity index (χ4n) is 1.53. The standard InChI is InChI=1S/C11H14N6O2S2/c1-16(2)10-14-15-11(21-10)20-6-7-5-8(17(18)19)3-4-9(7)13-12/h3-5,13H,6,12H2,1-2H3. The van der Waals surface area contributed by atoms with Crippen molar-refractivity contribution < 1.29 is 4.92 Å². The van der Waals surface area contributed by atoms with Crippen molar-refractivity contribution in [3.8, 4) is 0 Å². The van der Waals surface area contributed by atoms with E-state index in [-0.39, 0.29) is 5.69 Å². The lowest BCUT2D eigenvalue weighted by Gasteiger charge is -2.07. The van der Waals surface area contributed by atoms with Crippen LogP contribution in [0.25, 0.3) is 0 Å². The van der Waals surface area contributed by atoms with Gasteiger partial charge < -0.3 is 10.3 Å². The van der Waals surface area contributed by atoms with Crippen LogP contribution >= 0.6 is 23.1 Å². The molecule has 0 amide bonds. The number of nitro groups is 1. The van der Waals surface area contributed by atoms with Crippen LogP contribution in [0.1, 0.15) is 5.56 Å². The van der Waals surface area contributed by atoms with Crippen molar-refractivity contribution in [3.63, 3.8) is 0 Å². The molecule has 0 atom stereocenters. The zero-order valence-corrected chi connectivity index (χ0v) is 13.1. The predicted molar refractivity (Wildman–Crippen MR) is 84.7 cm³/mol. The summed E-state index contributed by atoms with van der Waals surface area (Å²) in [5.41, 5.74) is 3.99. The first-order valence-electron chi connectivity index (χ1n) is 5.89. The maximum absolute atomic E-state index is 10.8. The number of aromatic nitrogens is 2. The minimum absolute atomic E-state index is 0.0378. The molecule has 0 aliphatic heterocycles. The van der Waals surface area contributed by atoms with E-state index in [1.807, 2.05) is 19.0 Å². The molecule has 112 valence electrons. The van der Waals surface area contributed by atoms with Crippen molar-refractivity contribution in [2.75, 3.05) is 24.4 Å². The number of nitrogens with one attached hydrogen (secondary N) is 1. The maximum atomic E-state index is 10.8. The van der Waals surface area contributed by atoms with Crippen LogP contribution in [-0.4, -0.2) is 29.2 Å². The largest absolute Gasteiger partial charge is 0.353 e. The molecular formula is C11H14N6O2S2. The molecule has 1 aromatic carbocycles. The Morgan fingerprint density at radius 2 is 2.24 bits per heavy atom. The molecule has 0 spiro atoms. The second-order valence-corrected chi connectivity index (χ2v) is 6.45. The summed E-state index contributed by atoms with van der Waals surface area (Å²) >= 11 is 2.93. The summed E-state index contributed by atoms with van der Waals surface area (Å²) in [6.07, 6.45) is 0. The van der Waals surface area contributed by atoms with Gasteiger partial charge in [0.2, 0.25) is 5.13 Å². The number of rotatable bonds is 6. The number of nitrogen functional groups attached to an aromatic ring is 1. The highest BCUT2D eigenvalue weighted by atomic mass is 32.2. The third-order valence-corrected chi connectivity index (χ3v) is 4.86. The Bertz CT molecular complexity index is 645. The molecule has 0 saturated heterocycles. The lowest BCUT2D eigenvalue weighted by Crippen LogP contribution is -2.09. The highest BCUT2D eigenvalue weighted by molar-refractivity contribution is 8.00. The van der Waals surface area contributed by atoms with Gasteiger partial charge in [-0.2, -0.15) is 0 Å². The second kappa shape index (κ2) is 6.70. The first kappa shape index (κ1) is 15.5. The lowest BCUT2D eigenvalue weighted by atomic mass is 10.2. The molecule has 2 rings (SSSR count). The van der Waals surface area contributed by atoms with Crippen LogP contribution in [0.4, 0.5) is 16.5 Å². The fraction of sp³-hybridized carbons (Fsp3) is 0.273. The van der Waals surface area contributed by atoms with Gasteiger partial charge in [0.25, 0.3) is 5.69 Å². The minimum atomic E-state index is -0.427. The molecule has 1 heterocycles. The fourth-order valence-corrected chi connectivity index (χ4v) is 3.29. The summed E-state index contributed by atoms with van der Waals surface area (Å²) in [4.78, 5) is 12.3. The Morgan fingerprint density at radius 1 is 1.48 bits per heavy atom. The lowest BCUT2D eigenvalue weighted by molar-refractivity contribution is -0.384. The van der Waals surface area contributed by atoms with Gasteiger partial charge in [-0.15, -0.1) is 10.2 Å². The van der Waals surface area contributed by atoms with E-state index in [9.17, 15) is 10.1 Å². The normalized spacial score (nSPS) is 10.4. The van der Waals surface area contributed by atoms with Crippen molar-refractivity contribution in [2.45, 2.75) is 10.1 Å². The summed E-state index contributed by atoms with van der Waals surface area (Å²) in [5.74, 6) is 5.95. The topological polar surface area (TPSA) is 110 Å². The predicted octanol–water partition coefficient (Wildman–Crippen LogP) is 2.09. The van der Waals surface area contributed by atoms with Crippen molar-refractivity contribution in [1.82, 2.24) is 10.2 Å². The van der Waals surface area contributed by atoms with E-state index in [0.717, 1.165) is 15.0 Å². The zero-order chi connectivity index (χ0) is 15.4. The summed E-state index contributed by atoms with van der Waals surface area (Å²) in [7, 11) is 3.79. The monoisotopic (exact) mass is 326 g/mol. The molecule has 0 fully saturated rings. The number of hydrogen-bond donors (Lipinski definition) is 2. The Balaban J connectivity index is 2.14. The summed E-state index contributed by atoms with van der Waals surface area (Å²) in [6, 6.07) is 4.52. The molecular weight excluding hydrogens is 312 g/mol. The highest BCUT2D eigenvalue weighted by Crippen LogP contribution is 2.32. The van der Waals surface area contributed by atoms with E-state index in [0.29, 0.717) is 11.4 Å². The molecule has 0 bridgehead atoms. The van der Waals surface area contributed by atoms with E-state index in [1.54, 1.807) is 6.07 Å². The maximum Gasteiger partial charge on any atom is 0.269 e. The number of non-ortho nitro benzene ring substituents is 1. The van der Waals surface area contributed by atoms with E-state index < -0.39 is 4.92 Å². The molecule has 3 N–H and O–H groups in total. The number of hydrogen-bond acceptors (Lipinski definition) is 9. The van der Waals surface area contributed by atoms with E-state index in [4.69, 9.17) is 5.84 Å². The van der Waals surface area contributed by atoms with Gasteiger partial charge in [-0.05, 0) is 11.6 Å². The molecule has 10 heteroatoms. The minimum Gasteiger partial charge on any atom is -0.353 e. The molecule has 8 nitrogen and oxygen atoms in total. The molecule has 2 aromatic rings. The van der Waals surface area contributed by atoms with E-state index >= 15 is 0 Å². The average molecular weight is 326 g/mol. The molecule has 21 heavy (non-hydrogen) atoms. The summed E-state index contributed by atoms with van der Waals surface area (Å²) in [5, 5.41) is 19.8. The number of nitrogens with two attached hydrogens (primary N) is 1. The number of benzene rings is 1. The Kier molecular flexibility index (Phi) is 4.94. The zero-order valence-electron chi connectivity index (χ0n) is 11.4. The first-order chi connectivity index (χ1) is 10.0. The summed E-state index contributed by atoms with van der Waals surface area (Å²) < 4.78 is 0.799. The number of nitrogens with zero attached hydrogens (tertiary/aromatic N) is 4. The van der Waals surface area contributed by atoms with E-state index in [1.165, 1.54) is 35.2 Å². The van der Waals surface area contributed by atoms with Gasteiger partial charge in [-0.25, -0.2) is 0 Å². The third-order valence-electron chi connectivity index (χ3n) is 2.58.